The van der Waals surface area contributed by atoms with Gasteiger partial charge in [0.05, 0.1) is 6.61 Å². The van der Waals surface area contributed by atoms with Gasteiger partial charge in [-0.05, 0) is 67.9 Å². The van der Waals surface area contributed by atoms with E-state index in [1.807, 2.05) is 0 Å². The zero-order valence-corrected chi connectivity index (χ0v) is 16.2. The smallest absolute Gasteiger partial charge is 0.302 e. The first kappa shape index (κ1) is 18.0. The molecule has 0 spiro atoms. The number of ether oxygens (including phenoxy) is 1. The van der Waals surface area contributed by atoms with E-state index in [0.717, 1.165) is 25.7 Å². The Labute approximate surface area is 156 Å². The molecule has 2 saturated carbocycles. The molecular formula is C22H31NO3. The maximum Gasteiger partial charge on any atom is 0.302 e. The van der Waals surface area contributed by atoms with E-state index in [4.69, 9.17) is 15.5 Å². The fraction of sp³-hybridized carbons (Fsp3) is 0.682. The van der Waals surface area contributed by atoms with Gasteiger partial charge in [-0.15, -0.1) is 0 Å². The lowest BCUT2D eigenvalue weighted by Gasteiger charge is -2.51. The van der Waals surface area contributed by atoms with E-state index < -0.39 is 0 Å². The molecule has 1 unspecified atom stereocenters. The summed E-state index contributed by atoms with van der Waals surface area (Å²) in [6.45, 7) is 6.63. The molecule has 0 aromatic heterocycles. The summed E-state index contributed by atoms with van der Waals surface area (Å²) in [5.74, 6) is 7.56. The van der Waals surface area contributed by atoms with Crippen molar-refractivity contribution in [2.75, 3.05) is 6.61 Å². The molecule has 1 aromatic rings. The van der Waals surface area contributed by atoms with Crippen LogP contribution in [0.15, 0.2) is 18.2 Å². The van der Waals surface area contributed by atoms with Gasteiger partial charge >= 0.3 is 5.97 Å². The van der Waals surface area contributed by atoms with Crippen molar-refractivity contribution in [3.05, 3.63) is 34.9 Å². The first-order valence-electron chi connectivity index (χ1n) is 10.0. The van der Waals surface area contributed by atoms with Crippen molar-refractivity contribution in [3.8, 4) is 0 Å². The number of benzene rings is 1. The van der Waals surface area contributed by atoms with Crippen LogP contribution in [0.4, 0.5) is 0 Å². The van der Waals surface area contributed by atoms with Crippen LogP contribution >= 0.6 is 0 Å². The Balaban J connectivity index is 1.68. The Morgan fingerprint density at radius 1 is 1.27 bits per heavy atom. The zero-order valence-electron chi connectivity index (χ0n) is 16.2. The largest absolute Gasteiger partial charge is 0.462 e. The second-order valence-electron chi connectivity index (χ2n) is 9.00. The van der Waals surface area contributed by atoms with Gasteiger partial charge in [-0.3, -0.25) is 4.79 Å². The minimum Gasteiger partial charge on any atom is -0.462 e. The van der Waals surface area contributed by atoms with Crippen molar-refractivity contribution >= 4 is 5.97 Å². The van der Waals surface area contributed by atoms with E-state index >= 15 is 0 Å². The number of rotatable bonds is 3. The lowest BCUT2D eigenvalue weighted by molar-refractivity contribution is -0.154. The molecule has 4 nitrogen and oxygen atoms in total. The Morgan fingerprint density at radius 3 is 2.81 bits per heavy atom. The first-order valence-corrected chi connectivity index (χ1v) is 10.0. The number of carbonyl (C=O) groups excluding carboxylic acids is 1. The van der Waals surface area contributed by atoms with E-state index in [2.05, 4.69) is 32.0 Å². The molecule has 142 valence electrons. The van der Waals surface area contributed by atoms with Gasteiger partial charge in [0, 0.05) is 18.3 Å². The third-order valence-electron chi connectivity index (χ3n) is 7.59. The normalized spacial score (nSPS) is 38.2. The van der Waals surface area contributed by atoms with Gasteiger partial charge in [0.25, 0.3) is 0 Å². The summed E-state index contributed by atoms with van der Waals surface area (Å²) in [6, 6.07) is 6.91. The van der Waals surface area contributed by atoms with Crippen LogP contribution in [0.3, 0.4) is 0 Å². The van der Waals surface area contributed by atoms with Gasteiger partial charge in [0.2, 0.25) is 0 Å². The number of hydrogen-bond donors (Lipinski definition) is 1. The van der Waals surface area contributed by atoms with Crippen molar-refractivity contribution in [1.29, 1.82) is 0 Å². The summed E-state index contributed by atoms with van der Waals surface area (Å²) in [7, 11) is 0. The molecule has 0 radical (unpaired) electrons. The second-order valence-corrected chi connectivity index (χ2v) is 9.00. The zero-order chi connectivity index (χ0) is 18.5. The van der Waals surface area contributed by atoms with Crippen LogP contribution in [0.5, 0.6) is 0 Å². The van der Waals surface area contributed by atoms with Crippen molar-refractivity contribution in [3.63, 3.8) is 0 Å². The van der Waals surface area contributed by atoms with Crippen LogP contribution in [0, 0.1) is 24.2 Å². The summed E-state index contributed by atoms with van der Waals surface area (Å²) < 4.78 is 5.74. The topological polar surface area (TPSA) is 61.5 Å². The Morgan fingerprint density at radius 2 is 2.08 bits per heavy atom. The molecule has 3 aliphatic carbocycles. The fourth-order valence-electron chi connectivity index (χ4n) is 6.46. The van der Waals surface area contributed by atoms with E-state index in [0.29, 0.717) is 30.3 Å². The van der Waals surface area contributed by atoms with Gasteiger partial charge < -0.3 is 9.57 Å². The van der Waals surface area contributed by atoms with E-state index in [9.17, 15) is 4.79 Å². The second kappa shape index (κ2) is 6.65. The van der Waals surface area contributed by atoms with E-state index in [-0.39, 0.29) is 17.5 Å². The van der Waals surface area contributed by atoms with Crippen LogP contribution in [0.25, 0.3) is 0 Å². The predicted octanol–water partition coefficient (Wildman–Crippen LogP) is 4.21. The van der Waals surface area contributed by atoms with Crippen LogP contribution in [0.2, 0.25) is 0 Å². The Hall–Kier alpha value is -1.39. The molecule has 3 aliphatic rings. The van der Waals surface area contributed by atoms with Crippen LogP contribution in [-0.2, 0) is 14.4 Å². The standard InChI is InChI=1S/C22H31NO3/c1-13-4-5-16-17-8-9-22(3)20(6-7-21(22)26-14(2)24)19(17)11-15(12-25-23)18(16)10-13/h4-5,10,15,17,19-21H,6-9,11-12,23H2,1-3H3/t15-,17+,19+,20-,21?,22-/m0/s1. The molecule has 26 heavy (non-hydrogen) atoms. The average molecular weight is 357 g/mol. The SMILES string of the molecule is CC(=O)OC1CC[C@H]2[C@@H]3C[C@@H](CON)c4cc(C)ccc4[C@H]3CC[C@]12C. The first-order chi connectivity index (χ1) is 12.4. The predicted molar refractivity (Wildman–Crippen MR) is 101 cm³/mol. The fourth-order valence-corrected chi connectivity index (χ4v) is 6.46. The molecule has 6 atom stereocenters. The van der Waals surface area contributed by atoms with Crippen molar-refractivity contribution < 1.29 is 14.4 Å². The Bertz CT molecular complexity index is 703. The molecule has 0 amide bonds. The minimum absolute atomic E-state index is 0.0783. The van der Waals surface area contributed by atoms with Crippen LogP contribution in [0.1, 0.15) is 74.5 Å². The van der Waals surface area contributed by atoms with Crippen LogP contribution < -0.4 is 5.90 Å². The molecule has 0 saturated heterocycles. The van der Waals surface area contributed by atoms with Gasteiger partial charge in [0.15, 0.2) is 0 Å². The monoisotopic (exact) mass is 357 g/mol. The quantitative estimate of drug-likeness (QED) is 0.650. The van der Waals surface area contributed by atoms with Gasteiger partial charge in [-0.25, -0.2) is 5.90 Å². The molecular weight excluding hydrogens is 326 g/mol. The number of carbonyl (C=O) groups is 1. The minimum atomic E-state index is -0.141. The summed E-state index contributed by atoms with van der Waals surface area (Å²) in [4.78, 5) is 16.7. The molecule has 4 rings (SSSR count). The molecule has 1 aromatic carbocycles. The highest BCUT2D eigenvalue weighted by Crippen LogP contribution is 2.62. The summed E-state index contributed by atoms with van der Waals surface area (Å²) >= 11 is 0. The number of aryl methyl sites for hydroxylation is 1. The third kappa shape index (κ3) is 2.78. The summed E-state index contributed by atoms with van der Waals surface area (Å²) in [5, 5.41) is 0. The maximum absolute atomic E-state index is 11.6. The van der Waals surface area contributed by atoms with Gasteiger partial charge in [0.1, 0.15) is 6.10 Å². The number of hydrogen-bond acceptors (Lipinski definition) is 4. The van der Waals surface area contributed by atoms with E-state index in [1.165, 1.54) is 30.0 Å². The molecule has 2 fully saturated rings. The van der Waals surface area contributed by atoms with Gasteiger partial charge in [-0.2, -0.15) is 0 Å². The Kier molecular flexibility index (Phi) is 4.60. The van der Waals surface area contributed by atoms with Crippen molar-refractivity contribution in [2.45, 2.75) is 70.8 Å². The summed E-state index contributed by atoms with van der Waals surface area (Å²) in [5.41, 5.74) is 4.37. The lowest BCUT2D eigenvalue weighted by atomic mass is 9.54. The highest BCUT2D eigenvalue weighted by Gasteiger charge is 2.56. The number of esters is 1. The average Bonchev–Trinajstić information content (AvgIpc) is 2.91. The molecule has 4 heteroatoms. The highest BCUT2D eigenvalue weighted by atomic mass is 16.6. The van der Waals surface area contributed by atoms with Gasteiger partial charge in [-0.1, -0.05) is 30.7 Å². The third-order valence-corrected chi connectivity index (χ3v) is 7.59. The van der Waals surface area contributed by atoms with Crippen LogP contribution in [-0.4, -0.2) is 18.7 Å². The highest BCUT2D eigenvalue weighted by molar-refractivity contribution is 5.66. The van der Waals surface area contributed by atoms with Crippen molar-refractivity contribution in [2.24, 2.45) is 23.1 Å². The molecule has 0 bridgehead atoms. The molecule has 0 aliphatic heterocycles. The lowest BCUT2D eigenvalue weighted by Crippen LogP contribution is -2.46. The van der Waals surface area contributed by atoms with Crippen molar-refractivity contribution in [1.82, 2.24) is 0 Å². The number of nitrogens with two attached hydrogens (primary N) is 1. The summed E-state index contributed by atoms with van der Waals surface area (Å²) in [6.07, 6.45) is 5.69. The molecule has 0 heterocycles. The molecule has 2 N–H and O–H groups in total. The number of fused-ring (bicyclic) bond motifs is 5. The van der Waals surface area contributed by atoms with E-state index in [1.54, 1.807) is 0 Å². The maximum atomic E-state index is 11.6.